The summed E-state index contributed by atoms with van der Waals surface area (Å²) in [6.45, 7) is 1.52. The number of nitrogens with two attached hydrogens (primary N) is 1. The lowest BCUT2D eigenvalue weighted by Gasteiger charge is -2.57. The Labute approximate surface area is 147 Å². The van der Waals surface area contributed by atoms with Crippen LogP contribution in [0.2, 0.25) is 0 Å². The number of quaternary nitrogens is 1. The fourth-order valence-corrected chi connectivity index (χ4v) is 4.45. The van der Waals surface area contributed by atoms with Crippen molar-refractivity contribution in [2.45, 2.75) is 24.4 Å². The van der Waals surface area contributed by atoms with Gasteiger partial charge in [0, 0.05) is 11.3 Å². The first-order valence-corrected chi connectivity index (χ1v) is 8.63. The second-order valence-electron chi connectivity index (χ2n) is 6.01. The van der Waals surface area contributed by atoms with Gasteiger partial charge < -0.3 is 21.4 Å². The fraction of sp³-hybridized carbons (Fsp3) is 0.312. The SMILES string of the molecule is CC1=C(C(=O)O)[N+]2([O-])C(=O)[C@@H](NC(=O)[C@H](N)c3ccccc3)[C@H]2SC1. The van der Waals surface area contributed by atoms with Gasteiger partial charge in [0.15, 0.2) is 5.37 Å². The number of hydroxylamine groups is 3. The number of carboxylic acid groups (broad SMARTS) is 1. The first-order valence-electron chi connectivity index (χ1n) is 7.58. The molecule has 0 aliphatic carbocycles. The van der Waals surface area contributed by atoms with Crippen LogP contribution in [0.4, 0.5) is 0 Å². The van der Waals surface area contributed by atoms with Gasteiger partial charge in [0.1, 0.15) is 6.04 Å². The van der Waals surface area contributed by atoms with Crippen LogP contribution in [-0.2, 0) is 14.4 Å². The first kappa shape index (κ1) is 17.6. The van der Waals surface area contributed by atoms with E-state index in [2.05, 4.69) is 5.32 Å². The van der Waals surface area contributed by atoms with E-state index in [1.54, 1.807) is 30.3 Å². The Morgan fingerprint density at radius 2 is 2.04 bits per heavy atom. The number of carboxylic acids is 1. The van der Waals surface area contributed by atoms with E-state index < -0.39 is 45.6 Å². The molecule has 0 aromatic heterocycles. The Balaban J connectivity index is 1.78. The van der Waals surface area contributed by atoms with E-state index in [1.165, 1.54) is 6.92 Å². The van der Waals surface area contributed by atoms with Crippen LogP contribution in [0.25, 0.3) is 0 Å². The van der Waals surface area contributed by atoms with Gasteiger partial charge in [0.05, 0.1) is 0 Å². The Morgan fingerprint density at radius 3 is 2.64 bits per heavy atom. The molecule has 0 bridgehead atoms. The minimum Gasteiger partial charge on any atom is -0.619 e. The van der Waals surface area contributed by atoms with Gasteiger partial charge >= 0.3 is 11.9 Å². The lowest BCUT2D eigenvalue weighted by Crippen LogP contribution is -2.79. The maximum atomic E-state index is 12.8. The van der Waals surface area contributed by atoms with Gasteiger partial charge in [-0.3, -0.25) is 4.79 Å². The summed E-state index contributed by atoms with van der Waals surface area (Å²) in [5, 5.41) is 23.7. The molecule has 0 radical (unpaired) electrons. The van der Waals surface area contributed by atoms with Crippen LogP contribution in [0.15, 0.2) is 41.6 Å². The summed E-state index contributed by atoms with van der Waals surface area (Å²) in [5.41, 5.74) is 6.38. The van der Waals surface area contributed by atoms with Crippen LogP contribution in [0.1, 0.15) is 18.5 Å². The van der Waals surface area contributed by atoms with Crippen molar-refractivity contribution in [3.63, 3.8) is 0 Å². The van der Waals surface area contributed by atoms with E-state index in [1.807, 2.05) is 0 Å². The number of nitrogens with one attached hydrogen (secondary N) is 1. The van der Waals surface area contributed by atoms with Gasteiger partial charge in [-0.05, 0) is 12.5 Å². The van der Waals surface area contributed by atoms with Crippen molar-refractivity contribution in [2.75, 3.05) is 5.75 Å². The van der Waals surface area contributed by atoms with Crippen molar-refractivity contribution in [1.29, 1.82) is 0 Å². The Kier molecular flexibility index (Phi) is 4.41. The van der Waals surface area contributed by atoms with Crippen molar-refractivity contribution in [1.82, 2.24) is 5.32 Å². The van der Waals surface area contributed by atoms with Crippen LogP contribution in [0.3, 0.4) is 0 Å². The van der Waals surface area contributed by atoms with Gasteiger partial charge in [-0.2, -0.15) is 0 Å². The summed E-state index contributed by atoms with van der Waals surface area (Å²) in [6.07, 6.45) is 0. The van der Waals surface area contributed by atoms with E-state index in [-0.39, 0.29) is 0 Å². The van der Waals surface area contributed by atoms with Crippen molar-refractivity contribution in [3.8, 4) is 0 Å². The first-order chi connectivity index (χ1) is 11.8. The van der Waals surface area contributed by atoms with E-state index >= 15 is 0 Å². The number of carbonyl (C=O) groups excluding carboxylic acids is 2. The molecular formula is C16H17N3O5S. The van der Waals surface area contributed by atoms with E-state index in [4.69, 9.17) is 5.73 Å². The number of thioether (sulfide) groups is 1. The molecule has 0 spiro atoms. The van der Waals surface area contributed by atoms with E-state index in [9.17, 15) is 24.7 Å². The van der Waals surface area contributed by atoms with Crippen molar-refractivity contribution < 1.29 is 24.1 Å². The largest absolute Gasteiger partial charge is 0.619 e. The maximum Gasteiger partial charge on any atom is 0.391 e. The van der Waals surface area contributed by atoms with Crippen molar-refractivity contribution in [3.05, 3.63) is 52.4 Å². The second kappa shape index (κ2) is 6.26. The molecule has 4 N–H and O–H groups in total. The molecule has 2 aliphatic heterocycles. The zero-order valence-corrected chi connectivity index (χ0v) is 14.2. The summed E-state index contributed by atoms with van der Waals surface area (Å²) < 4.78 is -1.54. The molecule has 25 heavy (non-hydrogen) atoms. The molecule has 8 nitrogen and oxygen atoms in total. The predicted molar refractivity (Wildman–Crippen MR) is 90.5 cm³/mol. The fourth-order valence-electron chi connectivity index (χ4n) is 3.10. The van der Waals surface area contributed by atoms with Gasteiger partial charge in [-0.15, -0.1) is 0 Å². The number of carbonyl (C=O) groups is 3. The minimum absolute atomic E-state index is 0.318. The summed E-state index contributed by atoms with van der Waals surface area (Å²) >= 11 is 1.16. The minimum atomic E-state index is -1.54. The molecule has 2 aliphatic rings. The van der Waals surface area contributed by atoms with Gasteiger partial charge in [0.2, 0.25) is 17.6 Å². The number of hydrogen-bond donors (Lipinski definition) is 3. The lowest BCUT2D eigenvalue weighted by atomic mass is 10.0. The third-order valence-electron chi connectivity index (χ3n) is 4.39. The molecule has 132 valence electrons. The number of amides is 2. The third-order valence-corrected chi connectivity index (χ3v) is 5.90. The van der Waals surface area contributed by atoms with Crippen LogP contribution >= 0.6 is 11.8 Å². The summed E-state index contributed by atoms with van der Waals surface area (Å²) in [4.78, 5) is 36.1. The number of nitrogens with zero attached hydrogens (tertiary/aromatic N) is 1. The quantitative estimate of drug-likeness (QED) is 0.402. The highest BCUT2D eigenvalue weighted by Crippen LogP contribution is 2.46. The summed E-state index contributed by atoms with van der Waals surface area (Å²) in [6, 6.07) is 6.60. The standard InChI is InChI=1S/C16H17N3O5S/c1-8-7-25-15-11(14(21)19(15,24)12(8)16(22)23)18-13(20)10(17)9-5-3-2-4-6-9/h2-6,10-11,15H,7,17H2,1H3,(H,18,20)(H,22,23)/t10-,11-,15-,19?/m1/s1. The normalized spacial score (nSPS) is 29.5. The summed E-state index contributed by atoms with van der Waals surface area (Å²) in [5.74, 6) is -2.56. The van der Waals surface area contributed by atoms with Gasteiger partial charge in [0.25, 0.3) is 0 Å². The molecule has 9 heteroatoms. The zero-order chi connectivity index (χ0) is 18.4. The number of aliphatic carboxylic acids is 1. The number of β-lactam (4-membered cyclic amide) rings is 1. The molecule has 1 fully saturated rings. The topological polar surface area (TPSA) is 133 Å². The number of benzene rings is 1. The molecular weight excluding hydrogens is 346 g/mol. The number of fused-ring (bicyclic) bond motifs is 1. The Hall–Kier alpha value is -2.20. The molecule has 1 aromatic carbocycles. The van der Waals surface area contributed by atoms with Crippen LogP contribution < -0.4 is 11.1 Å². The molecule has 1 saturated heterocycles. The van der Waals surface area contributed by atoms with E-state index in [0.717, 1.165) is 11.8 Å². The highest BCUT2D eigenvalue weighted by molar-refractivity contribution is 8.00. The molecule has 3 rings (SSSR count). The highest BCUT2D eigenvalue weighted by Gasteiger charge is 2.65. The highest BCUT2D eigenvalue weighted by atomic mass is 32.2. The Morgan fingerprint density at radius 1 is 1.40 bits per heavy atom. The lowest BCUT2D eigenvalue weighted by molar-refractivity contribution is -0.805. The van der Waals surface area contributed by atoms with Crippen LogP contribution in [-0.4, -0.2) is 44.7 Å². The van der Waals surface area contributed by atoms with Gasteiger partial charge in [-0.25, -0.2) is 14.2 Å². The van der Waals surface area contributed by atoms with E-state index in [0.29, 0.717) is 16.9 Å². The zero-order valence-electron chi connectivity index (χ0n) is 13.3. The summed E-state index contributed by atoms with van der Waals surface area (Å²) in [7, 11) is 0. The van der Waals surface area contributed by atoms with Crippen LogP contribution in [0.5, 0.6) is 0 Å². The molecule has 4 atom stereocenters. The third kappa shape index (κ3) is 2.65. The maximum absolute atomic E-state index is 12.8. The molecule has 1 unspecified atom stereocenters. The predicted octanol–water partition coefficient (Wildman–Crippen LogP) is 0.458. The average molecular weight is 363 g/mol. The molecule has 0 saturated carbocycles. The monoisotopic (exact) mass is 363 g/mol. The number of hydrogen-bond acceptors (Lipinski definition) is 6. The average Bonchev–Trinajstić information content (AvgIpc) is 2.59. The van der Waals surface area contributed by atoms with Crippen molar-refractivity contribution in [2.24, 2.45) is 5.73 Å². The number of rotatable bonds is 4. The Bertz CT molecular complexity index is 781. The molecule has 2 heterocycles. The second-order valence-corrected chi connectivity index (χ2v) is 7.11. The molecule has 2 amide bonds. The molecule has 1 aromatic rings. The smallest absolute Gasteiger partial charge is 0.391 e. The van der Waals surface area contributed by atoms with Gasteiger partial charge in [-0.1, -0.05) is 42.1 Å². The van der Waals surface area contributed by atoms with Crippen LogP contribution in [0, 0.1) is 5.21 Å². The van der Waals surface area contributed by atoms with Crippen molar-refractivity contribution >= 4 is 29.5 Å².